The van der Waals surface area contributed by atoms with Crippen LogP contribution in [0, 0.1) is 17.3 Å². The maximum absolute atomic E-state index is 11.7. The van der Waals surface area contributed by atoms with Crippen molar-refractivity contribution in [1.29, 1.82) is 0 Å². The van der Waals surface area contributed by atoms with E-state index < -0.39 is 0 Å². The van der Waals surface area contributed by atoms with Crippen LogP contribution in [-0.2, 0) is 9.59 Å². The van der Waals surface area contributed by atoms with Crippen molar-refractivity contribution in [1.82, 2.24) is 4.90 Å². The van der Waals surface area contributed by atoms with E-state index in [2.05, 4.69) is 10.0 Å². The number of likely N-dealkylation sites (tertiary alicyclic amines) is 1. The number of imide groups is 1. The third kappa shape index (κ3) is 1.22. The molecule has 0 spiro atoms. The summed E-state index contributed by atoms with van der Waals surface area (Å²) in [6.07, 6.45) is 0. The first kappa shape index (κ1) is 9.98. The van der Waals surface area contributed by atoms with Gasteiger partial charge in [-0.25, -0.2) is 0 Å². The normalized spacial score (nSPS) is 31.2. The van der Waals surface area contributed by atoms with Crippen LogP contribution in [0.15, 0.2) is 5.11 Å². The maximum Gasteiger partial charge on any atom is 0.233 e. The zero-order valence-electron chi connectivity index (χ0n) is 8.67. The molecule has 15 heavy (non-hydrogen) atoms. The van der Waals surface area contributed by atoms with E-state index in [1.807, 2.05) is 13.8 Å². The van der Waals surface area contributed by atoms with Gasteiger partial charge in [0.2, 0.25) is 11.8 Å². The van der Waals surface area contributed by atoms with Crippen LogP contribution in [0.1, 0.15) is 13.8 Å². The second-order valence-electron chi connectivity index (χ2n) is 4.56. The fourth-order valence-corrected chi connectivity index (χ4v) is 2.41. The molecule has 1 saturated carbocycles. The summed E-state index contributed by atoms with van der Waals surface area (Å²) in [5, 5.41) is 3.31. The Morgan fingerprint density at radius 2 is 1.93 bits per heavy atom. The predicted octanol–water partition coefficient (Wildman–Crippen LogP) is 0.938. The molecule has 2 rings (SSSR count). The molecule has 0 aromatic heterocycles. The second-order valence-corrected chi connectivity index (χ2v) is 4.56. The Morgan fingerprint density at radius 1 is 1.40 bits per heavy atom. The molecule has 1 aliphatic heterocycles. The zero-order chi connectivity index (χ0) is 11.2. The third-order valence-corrected chi connectivity index (χ3v) is 3.38. The van der Waals surface area contributed by atoms with Crippen LogP contribution in [0.4, 0.5) is 0 Å². The molecule has 6 heteroatoms. The average molecular weight is 208 g/mol. The van der Waals surface area contributed by atoms with Crippen LogP contribution >= 0.6 is 0 Å². The van der Waals surface area contributed by atoms with Gasteiger partial charge in [-0.15, -0.1) is 0 Å². The van der Waals surface area contributed by atoms with Gasteiger partial charge < -0.3 is 0 Å². The van der Waals surface area contributed by atoms with Gasteiger partial charge in [-0.2, -0.15) is 0 Å². The SMILES string of the molecule is CC1(C)C2C(=O)N(CCN=[N+]=[N-])C(=O)C21. The Labute approximate surface area is 86.9 Å². The summed E-state index contributed by atoms with van der Waals surface area (Å²) in [4.78, 5) is 27.3. The van der Waals surface area contributed by atoms with Crippen LogP contribution in [0.5, 0.6) is 0 Å². The number of amides is 2. The number of carbonyl (C=O) groups excluding carboxylic acids is 2. The van der Waals surface area contributed by atoms with E-state index in [9.17, 15) is 9.59 Å². The lowest BCUT2D eigenvalue weighted by Gasteiger charge is -2.19. The van der Waals surface area contributed by atoms with Crippen molar-refractivity contribution in [3.05, 3.63) is 10.4 Å². The number of rotatable bonds is 3. The van der Waals surface area contributed by atoms with E-state index in [0.29, 0.717) is 0 Å². The van der Waals surface area contributed by atoms with Crippen LogP contribution in [0.2, 0.25) is 0 Å². The Bertz CT molecular complexity index is 360. The molecule has 0 radical (unpaired) electrons. The summed E-state index contributed by atoms with van der Waals surface area (Å²) >= 11 is 0. The molecule has 1 heterocycles. The van der Waals surface area contributed by atoms with Gasteiger partial charge in [0.05, 0.1) is 11.8 Å². The Hall–Kier alpha value is -1.55. The van der Waals surface area contributed by atoms with Crippen LogP contribution in [0.25, 0.3) is 10.4 Å². The Balaban J connectivity index is 2.04. The minimum atomic E-state index is -0.164. The molecule has 2 aliphatic rings. The third-order valence-electron chi connectivity index (χ3n) is 3.38. The predicted molar refractivity (Wildman–Crippen MR) is 51.5 cm³/mol. The first-order valence-electron chi connectivity index (χ1n) is 4.88. The largest absolute Gasteiger partial charge is 0.282 e. The Kier molecular flexibility index (Phi) is 1.98. The van der Waals surface area contributed by atoms with Crippen LogP contribution in [-0.4, -0.2) is 29.8 Å². The van der Waals surface area contributed by atoms with E-state index >= 15 is 0 Å². The summed E-state index contributed by atoms with van der Waals surface area (Å²) in [6, 6.07) is 0. The average Bonchev–Trinajstić information content (AvgIpc) is 2.63. The topological polar surface area (TPSA) is 86.1 Å². The van der Waals surface area contributed by atoms with Crippen molar-refractivity contribution in [3.8, 4) is 0 Å². The Morgan fingerprint density at radius 3 is 2.40 bits per heavy atom. The molecule has 2 fully saturated rings. The smallest absolute Gasteiger partial charge is 0.233 e. The fraction of sp³-hybridized carbons (Fsp3) is 0.778. The van der Waals surface area contributed by atoms with Crippen molar-refractivity contribution >= 4 is 11.8 Å². The summed E-state index contributed by atoms with van der Waals surface area (Å²) < 4.78 is 0. The van der Waals surface area contributed by atoms with Gasteiger partial charge in [-0.1, -0.05) is 19.0 Å². The van der Waals surface area contributed by atoms with Crippen molar-refractivity contribution in [2.75, 3.05) is 13.1 Å². The van der Waals surface area contributed by atoms with Gasteiger partial charge >= 0.3 is 0 Å². The van der Waals surface area contributed by atoms with Gasteiger partial charge in [0.1, 0.15) is 0 Å². The molecule has 1 aliphatic carbocycles. The molecular formula is C9H12N4O2. The quantitative estimate of drug-likeness (QED) is 0.299. The summed E-state index contributed by atoms with van der Waals surface area (Å²) in [5.41, 5.74) is 7.92. The lowest BCUT2D eigenvalue weighted by molar-refractivity contribution is -0.142. The molecule has 6 nitrogen and oxygen atoms in total. The van der Waals surface area contributed by atoms with Gasteiger partial charge in [0.25, 0.3) is 0 Å². The standard InChI is InChI=1S/C9H12N4O2/c1-9(2)5-6(9)8(15)13(7(5)14)4-3-11-12-10/h5-6H,3-4H2,1-2H3. The summed E-state index contributed by atoms with van der Waals surface area (Å²) in [6.45, 7) is 4.24. The van der Waals surface area contributed by atoms with Crippen molar-refractivity contribution < 1.29 is 9.59 Å². The number of fused-ring (bicyclic) bond motifs is 1. The van der Waals surface area contributed by atoms with Crippen molar-refractivity contribution in [3.63, 3.8) is 0 Å². The van der Waals surface area contributed by atoms with Gasteiger partial charge in [-0.3, -0.25) is 14.5 Å². The van der Waals surface area contributed by atoms with E-state index in [1.54, 1.807) is 0 Å². The molecule has 1 saturated heterocycles. The molecule has 2 unspecified atom stereocenters. The number of carbonyl (C=O) groups is 2. The molecule has 0 aromatic carbocycles. The van der Waals surface area contributed by atoms with Gasteiger partial charge in [0, 0.05) is 18.0 Å². The lowest BCUT2D eigenvalue weighted by atomic mass is 10.1. The first-order valence-corrected chi connectivity index (χ1v) is 4.88. The number of nitrogens with zero attached hydrogens (tertiary/aromatic N) is 4. The number of hydrogen-bond acceptors (Lipinski definition) is 3. The van der Waals surface area contributed by atoms with Gasteiger partial charge in [0.15, 0.2) is 0 Å². The van der Waals surface area contributed by atoms with E-state index in [4.69, 9.17) is 5.53 Å². The number of piperidine rings is 1. The van der Waals surface area contributed by atoms with Crippen LogP contribution in [0.3, 0.4) is 0 Å². The highest BCUT2D eigenvalue weighted by molar-refractivity contribution is 6.10. The molecule has 2 atom stereocenters. The molecule has 0 bridgehead atoms. The highest BCUT2D eigenvalue weighted by Gasteiger charge is 2.72. The minimum Gasteiger partial charge on any atom is -0.282 e. The van der Waals surface area contributed by atoms with Crippen molar-refractivity contribution in [2.24, 2.45) is 22.4 Å². The molecule has 80 valence electrons. The summed E-state index contributed by atoms with van der Waals surface area (Å²) in [7, 11) is 0. The minimum absolute atomic E-state index is 0.108. The molecule has 2 amide bonds. The molecular weight excluding hydrogens is 196 g/mol. The highest BCUT2D eigenvalue weighted by Crippen LogP contribution is 2.63. The molecule has 0 aromatic rings. The monoisotopic (exact) mass is 208 g/mol. The van der Waals surface area contributed by atoms with E-state index in [0.717, 1.165) is 0 Å². The summed E-state index contributed by atoms with van der Waals surface area (Å²) in [5.74, 6) is -0.501. The zero-order valence-corrected chi connectivity index (χ0v) is 8.67. The van der Waals surface area contributed by atoms with Crippen molar-refractivity contribution in [2.45, 2.75) is 13.8 Å². The molecule has 0 N–H and O–H groups in total. The van der Waals surface area contributed by atoms with E-state index in [-0.39, 0.29) is 42.2 Å². The second kappa shape index (κ2) is 2.97. The van der Waals surface area contributed by atoms with Gasteiger partial charge in [-0.05, 0) is 10.9 Å². The highest BCUT2D eigenvalue weighted by atomic mass is 16.2. The first-order chi connectivity index (χ1) is 7.01. The lowest BCUT2D eigenvalue weighted by Crippen LogP contribution is -2.37. The van der Waals surface area contributed by atoms with E-state index in [1.165, 1.54) is 4.90 Å². The fourth-order valence-electron chi connectivity index (χ4n) is 2.41. The maximum atomic E-state index is 11.7. The van der Waals surface area contributed by atoms with Crippen LogP contribution < -0.4 is 0 Å². The number of hydrogen-bond donors (Lipinski definition) is 0. The number of azide groups is 1.